The number of hydrogen-bond acceptors (Lipinski definition) is 13. The zero-order chi connectivity index (χ0) is 38.3. The average Bonchev–Trinajstić information content (AvgIpc) is 3.14. The summed E-state index contributed by atoms with van der Waals surface area (Å²) in [4.78, 5) is 36.0. The molecule has 21 heteroatoms. The van der Waals surface area contributed by atoms with E-state index in [2.05, 4.69) is 49.9 Å². The first kappa shape index (κ1) is 41.1. The Hall–Kier alpha value is -5.10. The van der Waals surface area contributed by atoms with Gasteiger partial charge in [0.1, 0.15) is 15.0 Å². The van der Waals surface area contributed by atoms with Gasteiger partial charge in [0, 0.05) is 0 Å². The Labute approximate surface area is 355 Å². The van der Waals surface area contributed by atoms with Gasteiger partial charge in [-0.1, -0.05) is 60.7 Å². The Morgan fingerprint density at radius 3 is 1.42 bits per heavy atom. The molecular formula is C34H29KN10O8S2. The number of nitrogens with zero attached hydrogens (tertiary/aromatic N) is 6. The fourth-order valence-corrected chi connectivity index (χ4v) is 6.17. The van der Waals surface area contributed by atoms with Crippen molar-refractivity contribution in [3.05, 3.63) is 131 Å². The smallest absolute Gasteiger partial charge is 0.744 e. The van der Waals surface area contributed by atoms with E-state index in [1.807, 2.05) is 12.1 Å². The molecule has 2 aromatic heterocycles. The van der Waals surface area contributed by atoms with Crippen LogP contribution in [0.5, 0.6) is 12.0 Å². The normalized spacial score (nSPS) is 13.2. The number of aromatic nitrogens is 6. The third kappa shape index (κ3) is 11.2. The number of para-hydroxylation sites is 2. The van der Waals surface area contributed by atoms with Crippen LogP contribution >= 0.6 is 0 Å². The molecule has 0 saturated heterocycles. The summed E-state index contributed by atoms with van der Waals surface area (Å²) >= 11 is 0. The molecule has 6 aromatic rings. The summed E-state index contributed by atoms with van der Waals surface area (Å²) in [6, 6.07) is 25.7. The van der Waals surface area contributed by atoms with Gasteiger partial charge in [0.2, 0.25) is 22.5 Å². The molecule has 18 nitrogen and oxygen atoms in total. The van der Waals surface area contributed by atoms with Crippen LogP contribution in [-0.4, -0.2) is 70.1 Å². The van der Waals surface area contributed by atoms with Gasteiger partial charge in [-0.3, -0.25) is 24.5 Å². The fourth-order valence-electron chi connectivity index (χ4n) is 4.78. The van der Waals surface area contributed by atoms with Crippen LogP contribution in [-0.2, 0) is 20.2 Å². The van der Waals surface area contributed by atoms with E-state index in [9.17, 15) is 25.9 Å². The number of nitrogens with one attached hydrogen (secondary N) is 4. The van der Waals surface area contributed by atoms with Crippen molar-refractivity contribution in [1.82, 2.24) is 29.9 Å². The molecule has 0 bridgehead atoms. The number of ether oxygens (including phenoxy) is 2. The SMILES string of the molecule is COc1nc(=Nc2ccccc2)[nH]c(=Nc2ccc(/C=C/c3ccc(N=c4[nH]c(OC)nc(=Nc5ccccc5)[nH]4)cc3S(=O)(=O)O)c(S(=O)(=O)[O-])c2)[nH]1.[K+]. The number of methoxy groups -OCH3 is 2. The van der Waals surface area contributed by atoms with E-state index in [1.54, 1.807) is 48.5 Å². The number of benzene rings is 4. The first-order chi connectivity index (χ1) is 25.9. The molecular weight excluding hydrogens is 780 g/mol. The second-order valence-corrected chi connectivity index (χ2v) is 13.6. The van der Waals surface area contributed by atoms with Crippen LogP contribution in [0.3, 0.4) is 0 Å². The van der Waals surface area contributed by atoms with Gasteiger partial charge < -0.3 is 14.0 Å². The standard InChI is InChI=1S/C34H30N10O8S2.K/c1-51-33-41-29(35-23-9-5-3-6-10-23)39-31(43-33)37-25-17-15-21(27(19-25)53(45,46)47)13-14-22-16-18-26(20-28(22)54(48,49)50)38-32-40-30(42-34(44-32)52-2)36-24-11-7-4-8-12-24;/h3-20H,1-2H3,(H,45,46,47)(H,48,49,50)(H2,35,37,39,41,43)(H2,36,38,40,42,44);/q;+1/p-1/b14-13+;. The Balaban J connectivity index is 0.00000580. The van der Waals surface area contributed by atoms with Crippen molar-refractivity contribution in [2.45, 2.75) is 9.79 Å². The van der Waals surface area contributed by atoms with Gasteiger partial charge in [0.15, 0.2) is 0 Å². The molecule has 276 valence electrons. The summed E-state index contributed by atoms with van der Waals surface area (Å²) in [5.41, 5.74) is 1.61. The van der Waals surface area contributed by atoms with Gasteiger partial charge in [-0.15, -0.1) is 0 Å². The summed E-state index contributed by atoms with van der Waals surface area (Å²) in [5, 5.41) is 0. The Kier molecular flexibility index (Phi) is 13.5. The van der Waals surface area contributed by atoms with E-state index in [4.69, 9.17) is 9.47 Å². The minimum absolute atomic E-state index is 0. The van der Waals surface area contributed by atoms with Crippen molar-refractivity contribution in [2.75, 3.05) is 14.2 Å². The first-order valence-electron chi connectivity index (χ1n) is 15.5. The van der Waals surface area contributed by atoms with Gasteiger partial charge in [-0.2, -0.15) is 18.4 Å². The summed E-state index contributed by atoms with van der Waals surface area (Å²) < 4.78 is 82.6. The van der Waals surface area contributed by atoms with Crippen LogP contribution < -0.4 is 83.3 Å². The van der Waals surface area contributed by atoms with E-state index < -0.39 is 30.0 Å². The largest absolute Gasteiger partial charge is 1.00 e. The van der Waals surface area contributed by atoms with Gasteiger partial charge in [0.05, 0.1) is 41.9 Å². The van der Waals surface area contributed by atoms with E-state index >= 15 is 0 Å². The number of aromatic amines is 4. The van der Waals surface area contributed by atoms with E-state index in [1.165, 1.54) is 50.6 Å². The van der Waals surface area contributed by atoms with E-state index in [0.29, 0.717) is 11.4 Å². The van der Waals surface area contributed by atoms with Crippen molar-refractivity contribution < 1.29 is 86.8 Å². The fraction of sp³-hybridized carbons (Fsp3) is 0.0588. The molecule has 0 amide bonds. The quantitative estimate of drug-likeness (QED) is 0.0706. The molecule has 6 rings (SSSR count). The van der Waals surface area contributed by atoms with Crippen LogP contribution in [0, 0.1) is 0 Å². The van der Waals surface area contributed by atoms with Gasteiger partial charge in [-0.25, -0.2) is 28.4 Å². The van der Waals surface area contributed by atoms with Gasteiger partial charge in [-0.05, 0) is 59.7 Å². The Bertz CT molecular complexity index is 2680. The predicted octanol–water partition coefficient (Wildman–Crippen LogP) is 0.0610. The van der Waals surface area contributed by atoms with Crippen molar-refractivity contribution >= 4 is 55.1 Å². The molecule has 0 fully saturated rings. The summed E-state index contributed by atoms with van der Waals surface area (Å²) in [6.45, 7) is 0. The van der Waals surface area contributed by atoms with Crippen molar-refractivity contribution in [1.29, 1.82) is 0 Å². The molecule has 5 N–H and O–H groups in total. The number of hydrogen-bond donors (Lipinski definition) is 5. The van der Waals surface area contributed by atoms with Crippen LogP contribution in [0.4, 0.5) is 22.7 Å². The second kappa shape index (κ2) is 18.0. The molecule has 0 aliphatic carbocycles. The molecule has 0 saturated carbocycles. The molecule has 0 aliphatic heterocycles. The maximum Gasteiger partial charge on any atom is 1.00 e. The van der Waals surface area contributed by atoms with E-state index in [0.717, 1.165) is 12.1 Å². The molecule has 0 unspecified atom stereocenters. The molecule has 55 heavy (non-hydrogen) atoms. The first-order valence-corrected chi connectivity index (χ1v) is 18.4. The number of H-pyrrole nitrogens is 4. The third-order valence-corrected chi connectivity index (χ3v) is 8.96. The minimum atomic E-state index is -5.07. The molecule has 0 spiro atoms. The molecule has 0 aliphatic rings. The average molecular weight is 809 g/mol. The molecule has 2 heterocycles. The van der Waals surface area contributed by atoms with Crippen LogP contribution in [0.2, 0.25) is 0 Å². The Morgan fingerprint density at radius 1 is 0.600 bits per heavy atom. The Morgan fingerprint density at radius 2 is 1.02 bits per heavy atom. The van der Waals surface area contributed by atoms with Crippen molar-refractivity contribution in [3.8, 4) is 12.0 Å². The van der Waals surface area contributed by atoms with Gasteiger partial charge >= 0.3 is 51.4 Å². The van der Waals surface area contributed by atoms with Crippen LogP contribution in [0.15, 0.2) is 127 Å². The maximum atomic E-state index is 12.5. The van der Waals surface area contributed by atoms with Gasteiger partial charge in [0.25, 0.3) is 22.1 Å². The van der Waals surface area contributed by atoms with Crippen molar-refractivity contribution in [3.63, 3.8) is 0 Å². The maximum absolute atomic E-state index is 12.5. The monoisotopic (exact) mass is 808 g/mol. The number of rotatable bonds is 10. The topological polar surface area (TPSA) is 268 Å². The minimum Gasteiger partial charge on any atom is -0.744 e. The summed E-state index contributed by atoms with van der Waals surface area (Å²) in [6.07, 6.45) is 2.44. The van der Waals surface area contributed by atoms with E-state index in [-0.39, 0.29) is 108 Å². The zero-order valence-corrected chi connectivity index (χ0v) is 34.0. The molecule has 0 atom stereocenters. The summed E-state index contributed by atoms with van der Waals surface area (Å²) in [7, 11) is -7.15. The molecule has 0 radical (unpaired) electrons. The van der Waals surface area contributed by atoms with Crippen molar-refractivity contribution in [2.24, 2.45) is 20.0 Å². The van der Waals surface area contributed by atoms with Crippen LogP contribution in [0.25, 0.3) is 12.2 Å². The second-order valence-electron chi connectivity index (χ2n) is 10.9. The third-order valence-electron chi connectivity index (χ3n) is 7.16. The summed E-state index contributed by atoms with van der Waals surface area (Å²) in [5.74, 6) is 0. The predicted molar refractivity (Wildman–Crippen MR) is 192 cm³/mol. The molecule has 4 aromatic carbocycles. The zero-order valence-electron chi connectivity index (χ0n) is 29.2. The van der Waals surface area contributed by atoms with Crippen LogP contribution in [0.1, 0.15) is 11.1 Å².